The molecule has 7 nitrogen and oxygen atoms in total. The molecule has 2 aromatic heterocycles. The van der Waals surface area contributed by atoms with Gasteiger partial charge >= 0.3 is 5.97 Å². The minimum Gasteiger partial charge on any atom is -0.467 e. The Balaban J connectivity index is 1.68. The molecule has 0 amide bonds. The third kappa shape index (κ3) is 6.80. The predicted molar refractivity (Wildman–Crippen MR) is 150 cm³/mol. The Morgan fingerprint density at radius 3 is 2.65 bits per heavy atom. The third-order valence-electron chi connectivity index (χ3n) is 5.41. The molecule has 3 N–H and O–H groups in total. The van der Waals surface area contributed by atoms with Gasteiger partial charge in [-0.1, -0.05) is 59.6 Å². The molecule has 0 aliphatic heterocycles. The second-order valence-corrected chi connectivity index (χ2v) is 9.13. The first-order chi connectivity index (χ1) is 18.0. The Kier molecular flexibility index (Phi) is 9.00. The van der Waals surface area contributed by atoms with Gasteiger partial charge in [0, 0.05) is 6.42 Å². The standard InChI is InChI=1S/C27H24Cl2N4O3S/c1-2-35-26(34)24-20(13-17-10-11-21(28)22(29)14-17)23(32-25(24)18-7-4-3-5-8-18)16-31-33-27(37)30-15-19-9-6-12-36-19/h3-12,14,16,32H,2,13,15H2,1H3,(H2,30,33,37)/b31-16+. The van der Waals surface area contributed by atoms with Gasteiger partial charge in [0.25, 0.3) is 0 Å². The van der Waals surface area contributed by atoms with E-state index < -0.39 is 5.97 Å². The first-order valence-electron chi connectivity index (χ1n) is 11.5. The summed E-state index contributed by atoms with van der Waals surface area (Å²) in [6, 6.07) is 18.6. The van der Waals surface area contributed by atoms with Crippen LogP contribution in [0.5, 0.6) is 0 Å². The van der Waals surface area contributed by atoms with E-state index >= 15 is 0 Å². The molecular formula is C27H24Cl2N4O3S. The third-order valence-corrected chi connectivity index (χ3v) is 6.38. The zero-order chi connectivity index (χ0) is 26.2. The number of hydrogen-bond acceptors (Lipinski definition) is 5. The molecule has 0 radical (unpaired) electrons. The van der Waals surface area contributed by atoms with E-state index in [1.807, 2.05) is 42.5 Å². The van der Waals surface area contributed by atoms with Crippen molar-refractivity contribution in [1.82, 2.24) is 15.7 Å². The highest BCUT2D eigenvalue weighted by atomic mass is 35.5. The van der Waals surface area contributed by atoms with E-state index in [4.69, 9.17) is 44.6 Å². The van der Waals surface area contributed by atoms with Gasteiger partial charge in [-0.05, 0) is 60.1 Å². The van der Waals surface area contributed by atoms with E-state index in [1.54, 1.807) is 37.6 Å². The van der Waals surface area contributed by atoms with Gasteiger partial charge in [-0.15, -0.1) is 0 Å². The normalized spacial score (nSPS) is 11.0. The van der Waals surface area contributed by atoms with E-state index in [0.717, 1.165) is 16.9 Å². The molecule has 2 aromatic carbocycles. The molecule has 0 unspecified atom stereocenters. The van der Waals surface area contributed by atoms with Crippen molar-refractivity contribution in [2.75, 3.05) is 6.61 Å². The SMILES string of the molecule is CCOC(=O)c1c(-c2ccccc2)[nH]c(/C=N/NC(=S)NCc2ccco2)c1Cc1ccc(Cl)c(Cl)c1. The lowest BCUT2D eigenvalue weighted by atomic mass is 9.98. The number of ether oxygens (including phenoxy) is 1. The topological polar surface area (TPSA) is 91.7 Å². The number of thiocarbonyl (C=S) groups is 1. The van der Waals surface area contributed by atoms with Crippen molar-refractivity contribution >= 4 is 52.7 Å². The van der Waals surface area contributed by atoms with Crippen LogP contribution in [0.25, 0.3) is 11.3 Å². The van der Waals surface area contributed by atoms with Gasteiger partial charge in [-0.2, -0.15) is 5.10 Å². The maximum Gasteiger partial charge on any atom is 0.340 e. The van der Waals surface area contributed by atoms with Gasteiger partial charge in [0.1, 0.15) is 5.76 Å². The number of furan rings is 1. The average molecular weight is 555 g/mol. The number of carbonyl (C=O) groups is 1. The van der Waals surface area contributed by atoms with Crippen molar-refractivity contribution in [3.05, 3.63) is 105 Å². The lowest BCUT2D eigenvalue weighted by molar-refractivity contribution is 0.0526. The fourth-order valence-corrected chi connectivity index (χ4v) is 4.18. The molecule has 4 rings (SSSR count). The number of benzene rings is 2. The number of carbonyl (C=O) groups excluding carboxylic acids is 1. The first kappa shape index (κ1) is 26.5. The van der Waals surface area contributed by atoms with Crippen molar-refractivity contribution in [1.29, 1.82) is 0 Å². The zero-order valence-corrected chi connectivity index (χ0v) is 22.2. The molecular weight excluding hydrogens is 531 g/mol. The Bertz CT molecular complexity index is 1400. The molecule has 0 spiro atoms. The van der Waals surface area contributed by atoms with Crippen LogP contribution in [0.4, 0.5) is 0 Å². The Morgan fingerprint density at radius 1 is 1.14 bits per heavy atom. The van der Waals surface area contributed by atoms with Gasteiger partial charge in [0.05, 0.1) is 52.6 Å². The van der Waals surface area contributed by atoms with Crippen molar-refractivity contribution in [2.45, 2.75) is 19.9 Å². The summed E-state index contributed by atoms with van der Waals surface area (Å²) in [6.07, 6.45) is 3.57. The summed E-state index contributed by atoms with van der Waals surface area (Å²) < 4.78 is 10.7. The fraction of sp³-hybridized carbons (Fsp3) is 0.148. The van der Waals surface area contributed by atoms with Crippen LogP contribution < -0.4 is 10.7 Å². The van der Waals surface area contributed by atoms with Gasteiger partial charge in [0.15, 0.2) is 5.11 Å². The minimum absolute atomic E-state index is 0.241. The van der Waals surface area contributed by atoms with Crippen LogP contribution in [-0.4, -0.2) is 28.9 Å². The second-order valence-electron chi connectivity index (χ2n) is 7.91. The van der Waals surface area contributed by atoms with Crippen molar-refractivity contribution in [2.24, 2.45) is 5.10 Å². The largest absolute Gasteiger partial charge is 0.467 e. The summed E-state index contributed by atoms with van der Waals surface area (Å²) >= 11 is 17.7. The van der Waals surface area contributed by atoms with Gasteiger partial charge in [0.2, 0.25) is 0 Å². The molecule has 0 aliphatic carbocycles. The van der Waals surface area contributed by atoms with E-state index in [-0.39, 0.29) is 6.61 Å². The molecule has 0 atom stereocenters. The maximum absolute atomic E-state index is 13.2. The monoisotopic (exact) mass is 554 g/mol. The number of aromatic amines is 1. The van der Waals surface area contributed by atoms with Crippen LogP contribution in [0.2, 0.25) is 10.0 Å². The number of hydrogen-bond donors (Lipinski definition) is 3. The summed E-state index contributed by atoms with van der Waals surface area (Å²) in [7, 11) is 0. The molecule has 0 fully saturated rings. The van der Waals surface area contributed by atoms with Gasteiger partial charge < -0.3 is 19.5 Å². The molecule has 10 heteroatoms. The smallest absolute Gasteiger partial charge is 0.340 e. The van der Waals surface area contributed by atoms with Crippen LogP contribution >= 0.6 is 35.4 Å². The Hall–Kier alpha value is -3.59. The number of nitrogens with one attached hydrogen (secondary N) is 3. The maximum atomic E-state index is 13.2. The lowest BCUT2D eigenvalue weighted by Gasteiger charge is -2.09. The summed E-state index contributed by atoms with van der Waals surface area (Å²) in [4.78, 5) is 16.5. The van der Waals surface area contributed by atoms with Gasteiger partial charge in [-0.25, -0.2) is 4.79 Å². The molecule has 0 saturated carbocycles. The predicted octanol–water partition coefficient (Wildman–Crippen LogP) is 6.35. The number of H-pyrrole nitrogens is 1. The zero-order valence-electron chi connectivity index (χ0n) is 19.9. The number of rotatable bonds is 9. The Labute approximate surface area is 229 Å². The number of hydrazone groups is 1. The van der Waals surface area contributed by atoms with E-state index in [0.29, 0.717) is 50.6 Å². The van der Waals surface area contributed by atoms with E-state index in [1.165, 1.54) is 0 Å². The molecule has 2 heterocycles. The van der Waals surface area contributed by atoms with Crippen molar-refractivity contribution < 1.29 is 13.9 Å². The van der Waals surface area contributed by atoms with E-state index in [2.05, 4.69) is 20.8 Å². The summed E-state index contributed by atoms with van der Waals surface area (Å²) in [5.74, 6) is 0.309. The van der Waals surface area contributed by atoms with Crippen LogP contribution in [0.15, 0.2) is 76.4 Å². The summed E-state index contributed by atoms with van der Waals surface area (Å²) in [6.45, 7) is 2.43. The van der Waals surface area contributed by atoms with Crippen LogP contribution in [0.3, 0.4) is 0 Å². The Morgan fingerprint density at radius 2 is 1.95 bits per heavy atom. The average Bonchev–Trinajstić information content (AvgIpc) is 3.54. The molecule has 0 bridgehead atoms. The number of nitrogens with zero attached hydrogens (tertiary/aromatic N) is 1. The number of esters is 1. The highest BCUT2D eigenvalue weighted by Crippen LogP contribution is 2.32. The van der Waals surface area contributed by atoms with Crippen LogP contribution in [-0.2, 0) is 17.7 Å². The molecule has 4 aromatic rings. The fourth-order valence-electron chi connectivity index (χ4n) is 3.73. The lowest BCUT2D eigenvalue weighted by Crippen LogP contribution is -2.31. The molecule has 190 valence electrons. The van der Waals surface area contributed by atoms with Crippen LogP contribution in [0, 0.1) is 0 Å². The molecule has 0 aliphatic rings. The van der Waals surface area contributed by atoms with Crippen molar-refractivity contribution in [3.8, 4) is 11.3 Å². The first-order valence-corrected chi connectivity index (χ1v) is 12.6. The quantitative estimate of drug-likeness (QED) is 0.0966. The van der Waals surface area contributed by atoms with Gasteiger partial charge in [-0.3, -0.25) is 5.43 Å². The van der Waals surface area contributed by atoms with Crippen LogP contribution in [0.1, 0.15) is 39.9 Å². The molecule has 37 heavy (non-hydrogen) atoms. The summed E-state index contributed by atoms with van der Waals surface area (Å²) in [5.41, 5.74) is 6.89. The summed E-state index contributed by atoms with van der Waals surface area (Å²) in [5, 5.41) is 8.51. The van der Waals surface area contributed by atoms with E-state index in [9.17, 15) is 4.79 Å². The minimum atomic E-state index is -0.434. The highest BCUT2D eigenvalue weighted by Gasteiger charge is 2.25. The van der Waals surface area contributed by atoms with Crippen molar-refractivity contribution in [3.63, 3.8) is 0 Å². The molecule has 0 saturated heterocycles. The second kappa shape index (κ2) is 12.6. The number of aromatic nitrogens is 1. The highest BCUT2D eigenvalue weighted by molar-refractivity contribution is 7.80. The number of halogens is 2.